The minimum Gasteiger partial charge on any atom is -0.357 e. The van der Waals surface area contributed by atoms with Gasteiger partial charge in [0.25, 0.3) is 0 Å². The molecule has 0 radical (unpaired) electrons. The van der Waals surface area contributed by atoms with Crippen molar-refractivity contribution in [3.8, 4) is 0 Å². The summed E-state index contributed by atoms with van der Waals surface area (Å²) in [5.74, 6) is -0.721. The number of fused-ring (bicyclic) bond motifs is 1. The first kappa shape index (κ1) is 23.2. The molecule has 29 heavy (non-hydrogen) atoms. The van der Waals surface area contributed by atoms with E-state index in [1.54, 1.807) is 0 Å². The Morgan fingerprint density at radius 1 is 1.21 bits per heavy atom. The normalized spacial score (nSPS) is 15.6. The zero-order chi connectivity index (χ0) is 21.6. The first-order valence-electron chi connectivity index (χ1n) is 9.25. The van der Waals surface area contributed by atoms with Gasteiger partial charge in [0.05, 0.1) is 5.56 Å². The number of halogens is 4. The van der Waals surface area contributed by atoms with Gasteiger partial charge in [-0.25, -0.2) is 0 Å². The van der Waals surface area contributed by atoms with Gasteiger partial charge in [-0.15, -0.1) is 0 Å². The number of hydrogen-bond donors (Lipinski definition) is 2. The van der Waals surface area contributed by atoms with E-state index in [0.29, 0.717) is 17.5 Å². The predicted molar refractivity (Wildman–Crippen MR) is 104 cm³/mol. The van der Waals surface area contributed by atoms with E-state index >= 15 is 0 Å². The third kappa shape index (κ3) is 6.73. The number of alkyl halides is 3. The number of carbonyl (C=O) groups is 3. The highest BCUT2D eigenvalue weighted by Crippen LogP contribution is 2.38. The molecule has 0 spiro atoms. The van der Waals surface area contributed by atoms with Crippen molar-refractivity contribution in [2.45, 2.75) is 57.4 Å². The fourth-order valence-electron chi connectivity index (χ4n) is 2.79. The summed E-state index contributed by atoms with van der Waals surface area (Å²) in [5.41, 5.74) is 0.315. The fourth-order valence-corrected chi connectivity index (χ4v) is 3.40. The molecule has 1 heterocycles. The number of carbonyl (C=O) groups excluding carboxylic acids is 3. The zero-order valence-electron chi connectivity index (χ0n) is 15.9. The van der Waals surface area contributed by atoms with Crippen molar-refractivity contribution >= 4 is 34.2 Å². The van der Waals surface area contributed by atoms with Crippen LogP contribution in [0, 0.1) is 0 Å². The second-order valence-corrected chi connectivity index (χ2v) is 7.75. The summed E-state index contributed by atoms with van der Waals surface area (Å²) in [7, 11) is 1.41. The molecule has 1 atom stereocenters. The van der Waals surface area contributed by atoms with Crippen molar-refractivity contribution in [3.63, 3.8) is 0 Å². The van der Waals surface area contributed by atoms with E-state index in [1.165, 1.54) is 37.3 Å². The van der Waals surface area contributed by atoms with Gasteiger partial charge in [0.1, 0.15) is 6.04 Å². The standard InChI is InChI=1S/C16H17BrF3N3O3.C3H6/c1-21-15(26)13(22-8-24)2-3-14(25)23-6-9-4-11(16(18,19)20)12(17)5-10(9)7-23;1-2-3-1/h4-5,8,13H,2-3,6-7H2,1H3,(H,21,26)(H,22,24);1-3H2. The molecule has 0 bridgehead atoms. The van der Waals surface area contributed by atoms with E-state index < -0.39 is 23.7 Å². The average Bonchev–Trinajstić information content (AvgIpc) is 3.49. The van der Waals surface area contributed by atoms with Crippen LogP contribution in [0.4, 0.5) is 13.2 Å². The van der Waals surface area contributed by atoms with Gasteiger partial charge in [-0.3, -0.25) is 14.4 Å². The van der Waals surface area contributed by atoms with Gasteiger partial charge in [0, 0.05) is 31.0 Å². The molecule has 160 valence electrons. The van der Waals surface area contributed by atoms with E-state index in [1.807, 2.05) is 0 Å². The topological polar surface area (TPSA) is 78.5 Å². The van der Waals surface area contributed by atoms with Crippen LogP contribution in [0.1, 0.15) is 48.8 Å². The van der Waals surface area contributed by atoms with E-state index in [-0.39, 0.29) is 36.3 Å². The number of rotatable bonds is 6. The lowest BCUT2D eigenvalue weighted by molar-refractivity contribution is -0.138. The number of hydrogen-bond acceptors (Lipinski definition) is 3. The van der Waals surface area contributed by atoms with Crippen LogP contribution in [-0.4, -0.2) is 36.2 Å². The SMILES string of the molecule is C1CC1.CNC(=O)C(CCC(=O)N1Cc2cc(Br)c(C(F)(F)F)cc2C1)NC=O. The molecule has 3 rings (SSSR count). The Balaban J connectivity index is 0.000000912. The summed E-state index contributed by atoms with van der Waals surface area (Å²) in [4.78, 5) is 35.9. The lowest BCUT2D eigenvalue weighted by atomic mass is 10.1. The fraction of sp³-hybridized carbons (Fsp3) is 0.526. The molecule has 3 amide bonds. The highest BCUT2D eigenvalue weighted by Gasteiger charge is 2.35. The van der Waals surface area contributed by atoms with Crippen molar-refractivity contribution in [2.75, 3.05) is 7.05 Å². The molecule has 2 aliphatic rings. The second kappa shape index (κ2) is 10.1. The van der Waals surface area contributed by atoms with Gasteiger partial charge in [-0.05, 0) is 29.7 Å². The summed E-state index contributed by atoms with van der Waals surface area (Å²) in [5, 5.41) is 4.72. The van der Waals surface area contributed by atoms with Crippen molar-refractivity contribution in [1.82, 2.24) is 15.5 Å². The molecule has 2 N–H and O–H groups in total. The van der Waals surface area contributed by atoms with Gasteiger partial charge in [-0.1, -0.05) is 35.2 Å². The maximum atomic E-state index is 13.0. The van der Waals surface area contributed by atoms with Gasteiger partial charge < -0.3 is 15.5 Å². The molecule has 0 aromatic heterocycles. The maximum absolute atomic E-state index is 13.0. The van der Waals surface area contributed by atoms with E-state index in [0.717, 1.165) is 6.07 Å². The minimum atomic E-state index is -4.48. The zero-order valence-corrected chi connectivity index (χ0v) is 17.5. The number of benzene rings is 1. The van der Waals surface area contributed by atoms with Gasteiger partial charge in [0.2, 0.25) is 18.2 Å². The molecule has 1 aliphatic heterocycles. The summed E-state index contributed by atoms with van der Waals surface area (Å²) in [6, 6.07) is 1.60. The highest BCUT2D eigenvalue weighted by molar-refractivity contribution is 9.10. The van der Waals surface area contributed by atoms with Crippen molar-refractivity contribution in [3.05, 3.63) is 33.3 Å². The van der Waals surface area contributed by atoms with Crippen LogP contribution < -0.4 is 10.6 Å². The Morgan fingerprint density at radius 2 is 1.79 bits per heavy atom. The molecule has 10 heteroatoms. The predicted octanol–water partition coefficient (Wildman–Crippen LogP) is 3.12. The third-order valence-corrected chi connectivity index (χ3v) is 5.16. The molecule has 1 fully saturated rings. The Morgan fingerprint density at radius 3 is 2.28 bits per heavy atom. The van der Waals surface area contributed by atoms with Crippen molar-refractivity contribution < 1.29 is 27.6 Å². The van der Waals surface area contributed by atoms with Crippen LogP contribution >= 0.6 is 15.9 Å². The smallest absolute Gasteiger partial charge is 0.357 e. The first-order valence-corrected chi connectivity index (χ1v) is 10.0. The molecule has 1 aromatic carbocycles. The minimum absolute atomic E-state index is 0.0137. The van der Waals surface area contributed by atoms with Crippen LogP contribution in [0.25, 0.3) is 0 Å². The Labute approximate surface area is 175 Å². The van der Waals surface area contributed by atoms with E-state index in [4.69, 9.17) is 0 Å². The Bertz CT molecular complexity index is 766. The third-order valence-electron chi connectivity index (χ3n) is 4.50. The summed E-state index contributed by atoms with van der Waals surface area (Å²) in [6.07, 6.45) is 0.487. The lowest BCUT2D eigenvalue weighted by Gasteiger charge is -2.18. The largest absolute Gasteiger partial charge is 0.417 e. The summed E-state index contributed by atoms with van der Waals surface area (Å²) in [6.45, 7) is 0.285. The average molecular weight is 478 g/mol. The van der Waals surface area contributed by atoms with Gasteiger partial charge >= 0.3 is 6.18 Å². The molecular weight excluding hydrogens is 455 g/mol. The molecule has 0 saturated heterocycles. The van der Waals surface area contributed by atoms with Crippen molar-refractivity contribution in [2.24, 2.45) is 0 Å². The summed E-state index contributed by atoms with van der Waals surface area (Å²) >= 11 is 2.92. The Hall–Kier alpha value is -2.10. The monoisotopic (exact) mass is 477 g/mol. The molecule has 1 unspecified atom stereocenters. The maximum Gasteiger partial charge on any atom is 0.417 e. The van der Waals surface area contributed by atoms with Crippen LogP contribution in [0.15, 0.2) is 16.6 Å². The van der Waals surface area contributed by atoms with Crippen LogP contribution in [0.5, 0.6) is 0 Å². The van der Waals surface area contributed by atoms with Crippen LogP contribution in [-0.2, 0) is 33.6 Å². The van der Waals surface area contributed by atoms with E-state index in [9.17, 15) is 27.6 Å². The number of nitrogens with zero attached hydrogens (tertiary/aromatic N) is 1. The molecule has 6 nitrogen and oxygen atoms in total. The summed E-state index contributed by atoms with van der Waals surface area (Å²) < 4.78 is 38.9. The number of nitrogens with one attached hydrogen (secondary N) is 2. The van der Waals surface area contributed by atoms with E-state index in [2.05, 4.69) is 26.6 Å². The Kier molecular flexibility index (Phi) is 8.06. The van der Waals surface area contributed by atoms with Crippen LogP contribution in [0.3, 0.4) is 0 Å². The molecular formula is C19H23BrF3N3O3. The van der Waals surface area contributed by atoms with Gasteiger partial charge in [-0.2, -0.15) is 13.2 Å². The van der Waals surface area contributed by atoms with Gasteiger partial charge in [0.15, 0.2) is 0 Å². The quantitative estimate of drug-likeness (QED) is 0.617. The molecule has 1 aromatic rings. The highest BCUT2D eigenvalue weighted by atomic mass is 79.9. The first-order chi connectivity index (χ1) is 13.7. The molecule has 1 saturated carbocycles. The van der Waals surface area contributed by atoms with Crippen molar-refractivity contribution in [1.29, 1.82) is 0 Å². The second-order valence-electron chi connectivity index (χ2n) is 6.90. The number of amides is 3. The lowest BCUT2D eigenvalue weighted by Crippen LogP contribution is -2.43. The number of likely N-dealkylation sites (N-methyl/N-ethyl adjacent to an activating group) is 1. The molecule has 1 aliphatic carbocycles. The van der Waals surface area contributed by atoms with Crippen LogP contribution in [0.2, 0.25) is 0 Å².